The second kappa shape index (κ2) is 14.5. The predicted octanol–water partition coefficient (Wildman–Crippen LogP) is 2.11. The van der Waals surface area contributed by atoms with Crippen LogP contribution in [-0.4, -0.2) is 122 Å². The standard InChI is InChI=1S/C30H54O14Si/c1-12-18(32)38-22-20(34)16(14-31)37-27(25(22)39-19(33)13-2)40-26(35)24-23(43-30(8,9)44-24)21-17(41-29(6,7)42-21)15-36-45(10,11)28(3,4)5/h16-17,20-27,31,34-35H,12-15H2,1-11H3/t16-,17-,20-,21-,22+,23+,24+,25+,26?,27+/m1/s1. The van der Waals surface area contributed by atoms with Crippen LogP contribution < -0.4 is 0 Å². The second-order valence-electron chi connectivity index (χ2n) is 14.1. The molecule has 0 aromatic heterocycles. The highest BCUT2D eigenvalue weighted by molar-refractivity contribution is 6.74. The Hall–Kier alpha value is -1.24. The number of aliphatic hydroxyl groups excluding tert-OH is 3. The molecule has 0 bridgehead atoms. The Labute approximate surface area is 267 Å². The van der Waals surface area contributed by atoms with Gasteiger partial charge in [0.05, 0.1) is 13.2 Å². The van der Waals surface area contributed by atoms with Crippen molar-refractivity contribution in [3.05, 3.63) is 0 Å². The van der Waals surface area contributed by atoms with Gasteiger partial charge >= 0.3 is 11.9 Å². The maximum atomic E-state index is 12.4. The third-order valence-electron chi connectivity index (χ3n) is 8.59. The van der Waals surface area contributed by atoms with Gasteiger partial charge in [0.25, 0.3) is 0 Å². The molecule has 0 aromatic rings. The molecular weight excluding hydrogens is 612 g/mol. The summed E-state index contributed by atoms with van der Waals surface area (Å²) in [5, 5.41) is 32.2. The first-order valence-corrected chi connectivity index (χ1v) is 18.6. The first kappa shape index (κ1) is 38.2. The van der Waals surface area contributed by atoms with E-state index in [4.69, 9.17) is 42.3 Å². The van der Waals surface area contributed by atoms with E-state index in [1.165, 1.54) is 0 Å². The van der Waals surface area contributed by atoms with Crippen LogP contribution in [0.2, 0.25) is 18.1 Å². The van der Waals surface area contributed by atoms with Crippen molar-refractivity contribution in [2.24, 2.45) is 0 Å². The molecule has 0 amide bonds. The Balaban J connectivity index is 1.89. The van der Waals surface area contributed by atoms with Crippen molar-refractivity contribution in [2.45, 2.75) is 166 Å². The van der Waals surface area contributed by atoms with Crippen molar-refractivity contribution in [1.29, 1.82) is 0 Å². The van der Waals surface area contributed by atoms with Gasteiger partial charge < -0.3 is 57.6 Å². The Morgan fingerprint density at radius 1 is 0.867 bits per heavy atom. The highest BCUT2D eigenvalue weighted by Crippen LogP contribution is 2.42. The van der Waals surface area contributed by atoms with E-state index in [0.29, 0.717) is 0 Å². The van der Waals surface area contributed by atoms with E-state index in [9.17, 15) is 24.9 Å². The number of rotatable bonds is 12. The number of carbonyl (C=O) groups is 2. The molecule has 0 saturated carbocycles. The molecule has 1 unspecified atom stereocenters. The minimum Gasteiger partial charge on any atom is -0.455 e. The van der Waals surface area contributed by atoms with E-state index in [1.54, 1.807) is 41.5 Å². The molecule has 3 aliphatic rings. The van der Waals surface area contributed by atoms with Crippen LogP contribution in [0.5, 0.6) is 0 Å². The average molecular weight is 667 g/mol. The molecule has 262 valence electrons. The zero-order chi connectivity index (χ0) is 34.1. The summed E-state index contributed by atoms with van der Waals surface area (Å²) in [6, 6.07) is 0. The summed E-state index contributed by atoms with van der Waals surface area (Å²) in [7, 11) is -2.16. The summed E-state index contributed by atoms with van der Waals surface area (Å²) >= 11 is 0. The highest BCUT2D eigenvalue weighted by atomic mass is 28.4. The van der Waals surface area contributed by atoms with Crippen molar-refractivity contribution in [3.63, 3.8) is 0 Å². The summed E-state index contributed by atoms with van der Waals surface area (Å²) in [6.07, 6.45) is -12.6. The first-order valence-electron chi connectivity index (χ1n) is 15.7. The van der Waals surface area contributed by atoms with Crippen LogP contribution in [0.1, 0.15) is 75.2 Å². The molecule has 0 radical (unpaired) electrons. The van der Waals surface area contributed by atoms with Crippen molar-refractivity contribution >= 4 is 20.3 Å². The molecule has 3 aliphatic heterocycles. The van der Waals surface area contributed by atoms with E-state index in [2.05, 4.69) is 33.9 Å². The molecule has 45 heavy (non-hydrogen) atoms. The lowest BCUT2D eigenvalue weighted by Crippen LogP contribution is -2.63. The zero-order valence-corrected chi connectivity index (χ0v) is 29.4. The minimum absolute atomic E-state index is 0.0272. The van der Waals surface area contributed by atoms with Crippen molar-refractivity contribution in [2.75, 3.05) is 13.2 Å². The van der Waals surface area contributed by atoms with Crippen LogP contribution in [0.4, 0.5) is 0 Å². The fourth-order valence-electron chi connectivity index (χ4n) is 5.17. The third kappa shape index (κ3) is 9.22. The van der Waals surface area contributed by atoms with E-state index < -0.39 is 99.8 Å². The number of aliphatic hydroxyl groups is 3. The largest absolute Gasteiger partial charge is 0.455 e. The van der Waals surface area contributed by atoms with Gasteiger partial charge in [0.15, 0.2) is 38.4 Å². The van der Waals surface area contributed by atoms with Gasteiger partial charge in [-0.3, -0.25) is 9.59 Å². The molecule has 0 aliphatic carbocycles. The van der Waals surface area contributed by atoms with E-state index in [-0.39, 0.29) is 24.5 Å². The number of esters is 2. The molecule has 3 saturated heterocycles. The molecule has 3 heterocycles. The van der Waals surface area contributed by atoms with Crippen LogP contribution in [0.25, 0.3) is 0 Å². The minimum atomic E-state index is -2.16. The summed E-state index contributed by atoms with van der Waals surface area (Å²) in [5.74, 6) is -3.55. The molecule has 14 nitrogen and oxygen atoms in total. The van der Waals surface area contributed by atoms with E-state index in [1.807, 2.05) is 0 Å². The maximum absolute atomic E-state index is 12.4. The topological polar surface area (TPSA) is 178 Å². The number of hydrogen-bond acceptors (Lipinski definition) is 14. The summed E-state index contributed by atoms with van der Waals surface area (Å²) < 4.78 is 53.9. The Kier molecular flexibility index (Phi) is 12.3. The molecule has 3 fully saturated rings. The van der Waals surface area contributed by atoms with Crippen LogP contribution in [-0.2, 0) is 51.9 Å². The summed E-state index contributed by atoms with van der Waals surface area (Å²) in [5.41, 5.74) is 0. The quantitative estimate of drug-likeness (QED) is 0.157. The Morgan fingerprint density at radius 2 is 1.40 bits per heavy atom. The van der Waals surface area contributed by atoms with Crippen LogP contribution in [0.15, 0.2) is 0 Å². The maximum Gasteiger partial charge on any atom is 0.306 e. The van der Waals surface area contributed by atoms with Gasteiger partial charge in [-0.25, -0.2) is 0 Å². The number of hydrogen-bond donors (Lipinski definition) is 3. The Morgan fingerprint density at radius 3 is 1.93 bits per heavy atom. The SMILES string of the molecule is CCC(=O)O[C@@H]1[C@H](OC(O)[C@H]2OC(C)(C)O[C@H]2[C@@H]2OC(C)(C)O[C@@H]2CO[Si](C)(C)C(C)(C)C)O[C@H](CO)[C@@H](O)[C@@H]1OC(=O)CC. The third-order valence-corrected chi connectivity index (χ3v) is 13.1. The lowest BCUT2D eigenvalue weighted by molar-refractivity contribution is -0.346. The molecule has 0 spiro atoms. The monoisotopic (exact) mass is 666 g/mol. The van der Waals surface area contributed by atoms with Crippen molar-refractivity contribution < 1.29 is 67.2 Å². The first-order chi connectivity index (χ1) is 20.6. The van der Waals surface area contributed by atoms with Gasteiger partial charge in [0, 0.05) is 12.8 Å². The lowest BCUT2D eigenvalue weighted by atomic mass is 9.98. The van der Waals surface area contributed by atoms with Crippen molar-refractivity contribution in [1.82, 2.24) is 0 Å². The van der Waals surface area contributed by atoms with Crippen LogP contribution in [0.3, 0.4) is 0 Å². The van der Waals surface area contributed by atoms with Gasteiger partial charge in [0.1, 0.15) is 36.6 Å². The van der Waals surface area contributed by atoms with Gasteiger partial charge in [-0.05, 0) is 45.8 Å². The van der Waals surface area contributed by atoms with Crippen LogP contribution >= 0.6 is 0 Å². The normalized spacial score (nSPS) is 35.6. The van der Waals surface area contributed by atoms with E-state index >= 15 is 0 Å². The van der Waals surface area contributed by atoms with E-state index in [0.717, 1.165) is 0 Å². The zero-order valence-electron chi connectivity index (χ0n) is 28.4. The summed E-state index contributed by atoms with van der Waals surface area (Å²) in [4.78, 5) is 24.6. The fraction of sp³-hybridized carbons (Fsp3) is 0.933. The molecule has 15 heteroatoms. The Bertz CT molecular complexity index is 1010. The van der Waals surface area contributed by atoms with Crippen LogP contribution in [0, 0.1) is 0 Å². The van der Waals surface area contributed by atoms with Gasteiger partial charge in [0.2, 0.25) is 6.29 Å². The fourth-order valence-corrected chi connectivity index (χ4v) is 6.18. The van der Waals surface area contributed by atoms with Gasteiger partial charge in [-0.15, -0.1) is 0 Å². The lowest BCUT2D eigenvalue weighted by Gasteiger charge is -2.43. The van der Waals surface area contributed by atoms with Gasteiger partial charge in [-0.1, -0.05) is 34.6 Å². The smallest absolute Gasteiger partial charge is 0.306 e. The molecule has 0 aromatic carbocycles. The number of carbonyl (C=O) groups excluding carboxylic acids is 2. The molecule has 3 N–H and O–H groups in total. The highest BCUT2D eigenvalue weighted by Gasteiger charge is 2.58. The van der Waals surface area contributed by atoms with Gasteiger partial charge in [-0.2, -0.15) is 0 Å². The molecule has 3 rings (SSSR count). The summed E-state index contributed by atoms with van der Waals surface area (Å²) in [6.45, 7) is 20.2. The van der Waals surface area contributed by atoms with Crippen molar-refractivity contribution in [3.8, 4) is 0 Å². The predicted molar refractivity (Wildman–Crippen MR) is 160 cm³/mol. The number of ether oxygens (including phenoxy) is 8. The average Bonchev–Trinajstić information content (AvgIpc) is 3.43. The second-order valence-corrected chi connectivity index (χ2v) is 18.9. The molecular formula is C30H54O14Si. The molecule has 10 atom stereocenters.